The van der Waals surface area contributed by atoms with Crippen LogP contribution in [0, 0.1) is 0 Å². The normalized spacial score (nSPS) is 8.67. The average Bonchev–Trinajstić information content (AvgIpc) is 1.90. The number of hydrogen-bond acceptors (Lipinski definition) is 2. The van der Waals surface area contributed by atoms with E-state index in [1.165, 1.54) is 11.0 Å². The van der Waals surface area contributed by atoms with Gasteiger partial charge in [-0.2, -0.15) is 0 Å². The van der Waals surface area contributed by atoms with Crippen LogP contribution in [0.1, 0.15) is 6.92 Å². The van der Waals surface area contributed by atoms with Gasteiger partial charge in [0.1, 0.15) is 0 Å². The molecule has 0 fully saturated rings. The molecule has 0 aliphatic carbocycles. The number of hydrogen-bond donors (Lipinski definition) is 1. The topological polar surface area (TPSA) is 46.3 Å². The minimum Gasteiger partial charge on any atom is -0.327 e. The molecule has 3 nitrogen and oxygen atoms in total. The molecule has 0 saturated heterocycles. The lowest BCUT2D eigenvalue weighted by Crippen LogP contribution is -2.34. The molecule has 0 aromatic carbocycles. The smallest absolute Gasteiger partial charge is 0.246 e. The number of nitrogens with zero attached hydrogens (tertiary/aromatic N) is 1. The molecule has 0 aromatic rings. The van der Waals surface area contributed by atoms with Gasteiger partial charge in [-0.15, -0.1) is 0 Å². The van der Waals surface area contributed by atoms with Crippen LogP contribution in [0.2, 0.25) is 0 Å². The summed E-state index contributed by atoms with van der Waals surface area (Å²) in [6, 6.07) is 0. The van der Waals surface area contributed by atoms with Gasteiger partial charge >= 0.3 is 0 Å². The van der Waals surface area contributed by atoms with Crippen LogP contribution in [-0.4, -0.2) is 24.0 Å². The Kier molecular flexibility index (Phi) is 3.71. The molecule has 2 N–H and O–H groups in total. The molecule has 0 bridgehead atoms. The Labute approximate surface area is 55.1 Å². The highest BCUT2D eigenvalue weighted by molar-refractivity contribution is 5.86. The van der Waals surface area contributed by atoms with Gasteiger partial charge in [-0.05, 0) is 13.0 Å². The van der Waals surface area contributed by atoms with E-state index in [1.807, 2.05) is 6.92 Å². The maximum absolute atomic E-state index is 10.7. The first-order valence-corrected chi connectivity index (χ1v) is 2.87. The lowest BCUT2D eigenvalue weighted by Gasteiger charge is -2.14. The maximum atomic E-state index is 10.7. The minimum atomic E-state index is -0.111. The van der Waals surface area contributed by atoms with Gasteiger partial charge in [0.2, 0.25) is 5.91 Å². The average molecular weight is 128 g/mol. The predicted molar refractivity (Wildman–Crippen MR) is 36.6 cm³/mol. The SMILES string of the molecule is C=CC(=O)N(CC)CN. The second-order valence-electron chi connectivity index (χ2n) is 1.58. The van der Waals surface area contributed by atoms with Crippen LogP contribution in [0.3, 0.4) is 0 Å². The van der Waals surface area contributed by atoms with E-state index in [0.29, 0.717) is 6.54 Å². The quantitative estimate of drug-likeness (QED) is 0.427. The summed E-state index contributed by atoms with van der Waals surface area (Å²) in [4.78, 5) is 12.2. The zero-order chi connectivity index (χ0) is 7.28. The molecular weight excluding hydrogens is 116 g/mol. The van der Waals surface area contributed by atoms with Crippen molar-refractivity contribution in [2.75, 3.05) is 13.2 Å². The Bertz CT molecular complexity index is 108. The summed E-state index contributed by atoms with van der Waals surface area (Å²) in [5.74, 6) is -0.111. The van der Waals surface area contributed by atoms with Crippen LogP contribution in [-0.2, 0) is 4.79 Å². The summed E-state index contributed by atoms with van der Waals surface area (Å²) in [6.45, 7) is 6.11. The molecule has 0 spiro atoms. The summed E-state index contributed by atoms with van der Waals surface area (Å²) >= 11 is 0. The zero-order valence-electron chi connectivity index (χ0n) is 5.63. The highest BCUT2D eigenvalue weighted by Gasteiger charge is 2.02. The third kappa shape index (κ3) is 2.28. The monoisotopic (exact) mass is 128 g/mol. The summed E-state index contributed by atoms with van der Waals surface area (Å²) in [6.07, 6.45) is 1.26. The molecule has 0 atom stereocenters. The molecule has 0 rings (SSSR count). The van der Waals surface area contributed by atoms with Gasteiger partial charge in [0.05, 0.1) is 6.67 Å². The summed E-state index contributed by atoms with van der Waals surface area (Å²) in [5, 5.41) is 0. The number of carbonyl (C=O) groups excluding carboxylic acids is 1. The number of likely N-dealkylation sites (N-methyl/N-ethyl adjacent to an activating group) is 1. The number of carbonyl (C=O) groups is 1. The molecule has 1 amide bonds. The maximum Gasteiger partial charge on any atom is 0.246 e. The summed E-state index contributed by atoms with van der Waals surface area (Å²) < 4.78 is 0. The molecule has 0 aliphatic heterocycles. The molecule has 0 heterocycles. The van der Waals surface area contributed by atoms with Crippen LogP contribution in [0.5, 0.6) is 0 Å². The van der Waals surface area contributed by atoms with E-state index in [0.717, 1.165) is 0 Å². The molecule has 52 valence electrons. The van der Waals surface area contributed by atoms with Gasteiger partial charge in [-0.3, -0.25) is 4.79 Å². The molecule has 0 saturated carbocycles. The van der Waals surface area contributed by atoms with Crippen LogP contribution in [0.15, 0.2) is 12.7 Å². The number of amides is 1. The third-order valence-electron chi connectivity index (χ3n) is 1.09. The van der Waals surface area contributed by atoms with E-state index in [2.05, 4.69) is 6.58 Å². The predicted octanol–water partition coefficient (Wildman–Crippen LogP) is -0.0629. The minimum absolute atomic E-state index is 0.111. The third-order valence-corrected chi connectivity index (χ3v) is 1.09. The van der Waals surface area contributed by atoms with Gasteiger partial charge in [0, 0.05) is 6.54 Å². The van der Waals surface area contributed by atoms with Crippen molar-refractivity contribution in [1.29, 1.82) is 0 Å². The van der Waals surface area contributed by atoms with Crippen molar-refractivity contribution in [3.63, 3.8) is 0 Å². The second kappa shape index (κ2) is 4.09. The number of rotatable bonds is 3. The van der Waals surface area contributed by atoms with E-state index in [4.69, 9.17) is 5.73 Å². The Hall–Kier alpha value is -0.830. The van der Waals surface area contributed by atoms with E-state index < -0.39 is 0 Å². The van der Waals surface area contributed by atoms with Crippen LogP contribution in [0.4, 0.5) is 0 Å². The lowest BCUT2D eigenvalue weighted by atomic mass is 10.5. The zero-order valence-corrected chi connectivity index (χ0v) is 5.63. The van der Waals surface area contributed by atoms with E-state index >= 15 is 0 Å². The lowest BCUT2D eigenvalue weighted by molar-refractivity contribution is -0.125. The molecule has 0 aromatic heterocycles. The Morgan fingerprint density at radius 3 is 2.56 bits per heavy atom. The molecule has 0 unspecified atom stereocenters. The van der Waals surface area contributed by atoms with Crippen molar-refractivity contribution in [2.45, 2.75) is 6.92 Å². The fraction of sp³-hybridized carbons (Fsp3) is 0.500. The van der Waals surface area contributed by atoms with Gasteiger partial charge in [-0.1, -0.05) is 6.58 Å². The van der Waals surface area contributed by atoms with Gasteiger partial charge in [0.15, 0.2) is 0 Å². The van der Waals surface area contributed by atoms with Gasteiger partial charge in [-0.25, -0.2) is 0 Å². The van der Waals surface area contributed by atoms with Crippen molar-refractivity contribution in [3.8, 4) is 0 Å². The largest absolute Gasteiger partial charge is 0.327 e. The van der Waals surface area contributed by atoms with Crippen molar-refractivity contribution in [3.05, 3.63) is 12.7 Å². The Morgan fingerprint density at radius 2 is 2.44 bits per heavy atom. The van der Waals surface area contributed by atoms with Gasteiger partial charge in [0.25, 0.3) is 0 Å². The van der Waals surface area contributed by atoms with Crippen molar-refractivity contribution in [1.82, 2.24) is 4.90 Å². The Balaban J connectivity index is 3.78. The number of nitrogens with two attached hydrogens (primary N) is 1. The second-order valence-corrected chi connectivity index (χ2v) is 1.58. The highest BCUT2D eigenvalue weighted by atomic mass is 16.2. The molecule has 0 aliphatic rings. The summed E-state index contributed by atoms with van der Waals surface area (Å²) in [7, 11) is 0. The van der Waals surface area contributed by atoms with Crippen molar-refractivity contribution < 1.29 is 4.79 Å². The summed E-state index contributed by atoms with van der Waals surface area (Å²) in [5.41, 5.74) is 5.22. The van der Waals surface area contributed by atoms with Gasteiger partial charge < -0.3 is 10.6 Å². The molecular formula is C6H12N2O. The van der Waals surface area contributed by atoms with Crippen LogP contribution < -0.4 is 5.73 Å². The first-order chi connectivity index (χ1) is 4.26. The van der Waals surface area contributed by atoms with E-state index in [1.54, 1.807) is 0 Å². The van der Waals surface area contributed by atoms with Crippen molar-refractivity contribution in [2.24, 2.45) is 5.73 Å². The fourth-order valence-corrected chi connectivity index (χ4v) is 0.504. The molecule has 3 heteroatoms. The molecule has 9 heavy (non-hydrogen) atoms. The van der Waals surface area contributed by atoms with Crippen LogP contribution >= 0.6 is 0 Å². The molecule has 0 radical (unpaired) electrons. The highest BCUT2D eigenvalue weighted by Crippen LogP contribution is 1.84. The van der Waals surface area contributed by atoms with Crippen LogP contribution in [0.25, 0.3) is 0 Å². The van der Waals surface area contributed by atoms with E-state index in [-0.39, 0.29) is 12.6 Å². The van der Waals surface area contributed by atoms with E-state index in [9.17, 15) is 4.79 Å². The first-order valence-electron chi connectivity index (χ1n) is 2.87. The Morgan fingerprint density at radius 1 is 1.89 bits per heavy atom. The fourth-order valence-electron chi connectivity index (χ4n) is 0.504. The standard InChI is InChI=1S/C6H12N2O/c1-3-6(9)8(4-2)5-7/h3H,1,4-5,7H2,2H3. The van der Waals surface area contributed by atoms with Crippen molar-refractivity contribution >= 4 is 5.91 Å². The first kappa shape index (κ1) is 8.17.